The van der Waals surface area contributed by atoms with Crippen LogP contribution in [-0.4, -0.2) is 22.9 Å². The maximum Gasteiger partial charge on any atom is 0.131 e. The molecule has 0 unspecified atom stereocenters. The highest BCUT2D eigenvalue weighted by molar-refractivity contribution is 6.00. The Bertz CT molecular complexity index is 954. The number of hydrogen-bond acceptors (Lipinski definition) is 4. The largest absolute Gasteiger partial charge is 0.383 e. The fourth-order valence-electron chi connectivity index (χ4n) is 2.78. The summed E-state index contributed by atoms with van der Waals surface area (Å²) < 4.78 is 0. The Kier molecular flexibility index (Phi) is 4.64. The van der Waals surface area contributed by atoms with Crippen molar-refractivity contribution in [2.45, 2.75) is 19.4 Å². The lowest BCUT2D eigenvalue weighted by Gasteiger charge is -2.18. The number of hydrogen-bond donors (Lipinski definition) is 2. The summed E-state index contributed by atoms with van der Waals surface area (Å²) in [7, 11) is 0. The molecule has 0 aliphatic carbocycles. The number of nitrogens with one attached hydrogen (secondary N) is 1. The third kappa shape index (κ3) is 3.52. The van der Waals surface area contributed by atoms with Crippen LogP contribution in [0.4, 0.5) is 5.82 Å². The number of anilines is 1. The van der Waals surface area contributed by atoms with Crippen LogP contribution in [0.3, 0.4) is 0 Å². The summed E-state index contributed by atoms with van der Waals surface area (Å²) in [5.41, 5.74) is 10.3. The zero-order valence-corrected chi connectivity index (χ0v) is 15.1. The number of nitrogen functional groups attached to an aromatic ring is 1. The maximum absolute atomic E-state index is 5.88. The van der Waals surface area contributed by atoms with Crippen molar-refractivity contribution in [1.82, 2.24) is 10.3 Å². The molecule has 2 aromatic rings. The Hall–Kier alpha value is -3.32. The van der Waals surface area contributed by atoms with Crippen molar-refractivity contribution in [3.63, 3.8) is 0 Å². The van der Waals surface area contributed by atoms with Crippen molar-refractivity contribution in [2.75, 3.05) is 12.3 Å². The maximum atomic E-state index is 5.88. The van der Waals surface area contributed by atoms with E-state index in [1.807, 2.05) is 24.3 Å². The third-order valence-electron chi connectivity index (χ3n) is 4.19. The second-order valence-electron chi connectivity index (χ2n) is 6.79. The number of aromatic nitrogens is 1. The lowest BCUT2D eigenvalue weighted by molar-refractivity contribution is 0.506. The molecule has 1 aliphatic heterocycles. The number of rotatable bonds is 3. The van der Waals surface area contributed by atoms with E-state index in [0.29, 0.717) is 5.82 Å². The summed E-state index contributed by atoms with van der Waals surface area (Å²) in [6.45, 7) is 12.7. The first-order chi connectivity index (χ1) is 12.4. The molecule has 0 saturated heterocycles. The topological polar surface area (TPSA) is 63.3 Å². The van der Waals surface area contributed by atoms with Crippen LogP contribution in [0.5, 0.6) is 0 Å². The summed E-state index contributed by atoms with van der Waals surface area (Å²) in [5.74, 6) is 7.68. The molecule has 0 atom stereocenters. The zero-order valence-electron chi connectivity index (χ0n) is 15.1. The van der Waals surface area contributed by atoms with Gasteiger partial charge in [-0.2, -0.15) is 0 Å². The van der Waals surface area contributed by atoms with Crippen LogP contribution >= 0.6 is 0 Å². The van der Waals surface area contributed by atoms with E-state index >= 15 is 0 Å². The summed E-state index contributed by atoms with van der Waals surface area (Å²) >= 11 is 0. The fraction of sp³-hybridized carbons (Fsp3) is 0.182. The molecule has 1 aliphatic rings. The Labute approximate surface area is 154 Å². The SMILES string of the molecule is C=Cc1c(C#Cc2ccc(C3=NCC(C)(C)N3)cc2)cnc(N)c1C=C. The minimum Gasteiger partial charge on any atom is -0.383 e. The molecule has 1 aromatic carbocycles. The van der Waals surface area contributed by atoms with E-state index in [1.54, 1.807) is 18.3 Å². The first-order valence-electron chi connectivity index (χ1n) is 8.42. The van der Waals surface area contributed by atoms with E-state index in [0.717, 1.165) is 40.2 Å². The van der Waals surface area contributed by atoms with Crippen LogP contribution in [0, 0.1) is 11.8 Å². The molecule has 4 heteroatoms. The average Bonchev–Trinajstić information content (AvgIpc) is 3.00. The minimum absolute atomic E-state index is 0.0138. The predicted molar refractivity (Wildman–Crippen MR) is 110 cm³/mol. The summed E-state index contributed by atoms with van der Waals surface area (Å²) in [6.07, 6.45) is 5.07. The van der Waals surface area contributed by atoms with Gasteiger partial charge >= 0.3 is 0 Å². The van der Waals surface area contributed by atoms with Crippen molar-refractivity contribution in [3.05, 3.63) is 71.4 Å². The summed E-state index contributed by atoms with van der Waals surface area (Å²) in [6, 6.07) is 8.04. The van der Waals surface area contributed by atoms with Crippen LogP contribution in [0.25, 0.3) is 12.2 Å². The molecular weight excluding hydrogens is 320 g/mol. The quantitative estimate of drug-likeness (QED) is 0.840. The van der Waals surface area contributed by atoms with E-state index in [1.165, 1.54) is 0 Å². The van der Waals surface area contributed by atoms with Gasteiger partial charge in [-0.3, -0.25) is 4.99 Å². The van der Waals surface area contributed by atoms with Gasteiger partial charge in [-0.25, -0.2) is 4.98 Å². The van der Waals surface area contributed by atoms with Gasteiger partial charge in [0.25, 0.3) is 0 Å². The standard InChI is InChI=1S/C22H22N4/c1-5-18-17(13-24-20(23)19(18)6-2)12-9-15-7-10-16(11-8-15)21-25-14-22(3,4)26-21/h5-8,10-11,13H,1-2,14H2,3-4H3,(H2,23,24)(H,25,26). The number of pyridine rings is 1. The third-order valence-corrected chi connectivity index (χ3v) is 4.19. The molecule has 4 nitrogen and oxygen atoms in total. The van der Waals surface area contributed by atoms with E-state index in [-0.39, 0.29) is 5.54 Å². The fourth-order valence-corrected chi connectivity index (χ4v) is 2.78. The van der Waals surface area contributed by atoms with Crippen LogP contribution in [0.2, 0.25) is 0 Å². The molecule has 0 radical (unpaired) electrons. The van der Waals surface area contributed by atoms with Gasteiger partial charge in [-0.1, -0.05) is 49.3 Å². The molecule has 3 rings (SSSR count). The molecule has 0 fully saturated rings. The Morgan fingerprint density at radius 2 is 1.81 bits per heavy atom. The van der Waals surface area contributed by atoms with Gasteiger partial charge in [-0.15, -0.1) is 0 Å². The smallest absolute Gasteiger partial charge is 0.131 e. The minimum atomic E-state index is 0.0138. The van der Waals surface area contributed by atoms with Crippen molar-refractivity contribution >= 4 is 23.8 Å². The second-order valence-corrected chi connectivity index (χ2v) is 6.79. The van der Waals surface area contributed by atoms with Crippen LogP contribution in [-0.2, 0) is 0 Å². The molecular formula is C22H22N4. The molecule has 0 amide bonds. The van der Waals surface area contributed by atoms with Crippen LogP contribution in [0.1, 0.15) is 41.7 Å². The molecule has 0 bridgehead atoms. The van der Waals surface area contributed by atoms with E-state index in [9.17, 15) is 0 Å². The normalized spacial score (nSPS) is 14.6. The number of benzene rings is 1. The molecule has 3 N–H and O–H groups in total. The van der Waals surface area contributed by atoms with Crippen molar-refractivity contribution < 1.29 is 0 Å². The highest BCUT2D eigenvalue weighted by atomic mass is 15.1. The summed E-state index contributed by atoms with van der Waals surface area (Å²) in [5, 5.41) is 3.43. The molecule has 130 valence electrons. The van der Waals surface area contributed by atoms with E-state index < -0.39 is 0 Å². The Morgan fingerprint density at radius 1 is 1.12 bits per heavy atom. The zero-order chi connectivity index (χ0) is 18.7. The van der Waals surface area contributed by atoms with Gasteiger partial charge in [0.05, 0.1) is 17.6 Å². The molecule has 0 spiro atoms. The average molecular weight is 342 g/mol. The van der Waals surface area contributed by atoms with Crippen molar-refractivity contribution in [3.8, 4) is 11.8 Å². The molecule has 0 saturated carbocycles. The van der Waals surface area contributed by atoms with Gasteiger partial charge in [0.2, 0.25) is 0 Å². The molecule has 1 aromatic heterocycles. The molecule has 26 heavy (non-hydrogen) atoms. The first-order valence-corrected chi connectivity index (χ1v) is 8.42. The number of nitrogens with two attached hydrogens (primary N) is 1. The molecule has 2 heterocycles. The van der Waals surface area contributed by atoms with Gasteiger partial charge in [0, 0.05) is 28.5 Å². The van der Waals surface area contributed by atoms with E-state index in [2.05, 4.69) is 54.1 Å². The van der Waals surface area contributed by atoms with Crippen molar-refractivity contribution in [2.24, 2.45) is 4.99 Å². The number of aliphatic imine (C=N–C) groups is 1. The lowest BCUT2D eigenvalue weighted by atomic mass is 10.0. The number of amidine groups is 1. The van der Waals surface area contributed by atoms with Gasteiger partial charge < -0.3 is 11.1 Å². The summed E-state index contributed by atoms with van der Waals surface area (Å²) in [4.78, 5) is 8.74. The number of nitrogens with zero attached hydrogens (tertiary/aromatic N) is 2. The lowest BCUT2D eigenvalue weighted by Crippen LogP contribution is -2.39. The monoisotopic (exact) mass is 342 g/mol. The highest BCUT2D eigenvalue weighted by Gasteiger charge is 2.25. The highest BCUT2D eigenvalue weighted by Crippen LogP contribution is 2.21. The van der Waals surface area contributed by atoms with Crippen molar-refractivity contribution in [1.29, 1.82) is 0 Å². The van der Waals surface area contributed by atoms with Crippen LogP contribution in [0.15, 0.2) is 48.6 Å². The van der Waals surface area contributed by atoms with E-state index in [4.69, 9.17) is 5.73 Å². The van der Waals surface area contributed by atoms with Gasteiger partial charge in [-0.05, 0) is 26.0 Å². The Morgan fingerprint density at radius 3 is 2.38 bits per heavy atom. The second kappa shape index (κ2) is 6.89. The predicted octanol–water partition coefficient (Wildman–Crippen LogP) is 3.48. The Balaban J connectivity index is 1.86. The van der Waals surface area contributed by atoms with Crippen LogP contribution < -0.4 is 11.1 Å². The first kappa shape index (κ1) is 17.5. The van der Waals surface area contributed by atoms with Gasteiger partial charge in [0.15, 0.2) is 0 Å². The van der Waals surface area contributed by atoms with Gasteiger partial charge in [0.1, 0.15) is 11.7 Å².